The van der Waals surface area contributed by atoms with E-state index >= 15 is 0 Å². The SMILES string of the molecule is CC1CCN(C(=O)[C@@H]2CC[C@H](C(=O)O)C2)C(C)C1. The van der Waals surface area contributed by atoms with E-state index in [0.717, 1.165) is 25.8 Å². The molecule has 4 nitrogen and oxygen atoms in total. The molecule has 102 valence electrons. The van der Waals surface area contributed by atoms with Crippen molar-refractivity contribution in [2.45, 2.75) is 52.0 Å². The third-order valence-corrected chi connectivity index (χ3v) is 4.55. The van der Waals surface area contributed by atoms with Crippen LogP contribution < -0.4 is 0 Å². The molecule has 1 aliphatic carbocycles. The van der Waals surface area contributed by atoms with Gasteiger partial charge in [0, 0.05) is 18.5 Å². The molecule has 1 amide bonds. The molecule has 0 radical (unpaired) electrons. The second-order valence-electron chi connectivity index (χ2n) is 6.06. The van der Waals surface area contributed by atoms with Gasteiger partial charge in [0.25, 0.3) is 0 Å². The van der Waals surface area contributed by atoms with Crippen LogP contribution in [0.25, 0.3) is 0 Å². The molecule has 2 fully saturated rings. The van der Waals surface area contributed by atoms with Gasteiger partial charge >= 0.3 is 5.97 Å². The van der Waals surface area contributed by atoms with E-state index in [0.29, 0.717) is 24.8 Å². The second kappa shape index (κ2) is 5.29. The molecule has 2 rings (SSSR count). The van der Waals surface area contributed by atoms with Crippen LogP contribution in [0.3, 0.4) is 0 Å². The first-order valence-electron chi connectivity index (χ1n) is 7.02. The summed E-state index contributed by atoms with van der Waals surface area (Å²) in [4.78, 5) is 25.3. The molecule has 2 aliphatic rings. The molecule has 1 saturated carbocycles. The highest BCUT2D eigenvalue weighted by molar-refractivity contribution is 5.81. The largest absolute Gasteiger partial charge is 0.481 e. The van der Waals surface area contributed by atoms with Crippen molar-refractivity contribution in [3.63, 3.8) is 0 Å². The quantitative estimate of drug-likeness (QED) is 0.820. The van der Waals surface area contributed by atoms with Gasteiger partial charge in [0.2, 0.25) is 5.91 Å². The number of carboxylic acid groups (broad SMARTS) is 1. The average Bonchev–Trinajstić information content (AvgIpc) is 2.77. The summed E-state index contributed by atoms with van der Waals surface area (Å²) < 4.78 is 0. The van der Waals surface area contributed by atoms with E-state index in [9.17, 15) is 9.59 Å². The van der Waals surface area contributed by atoms with Crippen LogP contribution in [0.5, 0.6) is 0 Å². The summed E-state index contributed by atoms with van der Waals surface area (Å²) in [5.41, 5.74) is 0. The van der Waals surface area contributed by atoms with E-state index < -0.39 is 5.97 Å². The average molecular weight is 253 g/mol. The Hall–Kier alpha value is -1.06. The van der Waals surface area contributed by atoms with E-state index in [1.165, 1.54) is 0 Å². The number of hydrogen-bond donors (Lipinski definition) is 1. The Labute approximate surface area is 108 Å². The summed E-state index contributed by atoms with van der Waals surface area (Å²) in [6, 6.07) is 0.310. The first-order valence-corrected chi connectivity index (χ1v) is 7.02. The van der Waals surface area contributed by atoms with E-state index in [-0.39, 0.29) is 17.7 Å². The van der Waals surface area contributed by atoms with Gasteiger partial charge in [-0.25, -0.2) is 0 Å². The topological polar surface area (TPSA) is 57.6 Å². The van der Waals surface area contributed by atoms with Gasteiger partial charge < -0.3 is 10.0 Å². The summed E-state index contributed by atoms with van der Waals surface area (Å²) in [6.07, 6.45) is 4.08. The molecule has 18 heavy (non-hydrogen) atoms. The van der Waals surface area contributed by atoms with Gasteiger partial charge in [0.15, 0.2) is 0 Å². The maximum Gasteiger partial charge on any atom is 0.306 e. The third-order valence-electron chi connectivity index (χ3n) is 4.55. The summed E-state index contributed by atoms with van der Waals surface area (Å²) in [5.74, 6) is -0.219. The van der Waals surface area contributed by atoms with Gasteiger partial charge in [0.1, 0.15) is 0 Å². The molecule has 1 saturated heterocycles. The van der Waals surface area contributed by atoms with Crippen LogP contribution >= 0.6 is 0 Å². The van der Waals surface area contributed by atoms with Crippen molar-refractivity contribution in [1.29, 1.82) is 0 Å². The van der Waals surface area contributed by atoms with Crippen molar-refractivity contribution in [2.24, 2.45) is 17.8 Å². The number of rotatable bonds is 2. The number of hydrogen-bond acceptors (Lipinski definition) is 2. The minimum absolute atomic E-state index is 0.0537. The zero-order chi connectivity index (χ0) is 13.3. The van der Waals surface area contributed by atoms with Crippen molar-refractivity contribution >= 4 is 11.9 Å². The molecule has 0 aromatic rings. The zero-order valence-corrected chi connectivity index (χ0v) is 11.3. The molecule has 4 heteroatoms. The molecule has 0 bridgehead atoms. The van der Waals surface area contributed by atoms with Crippen LogP contribution in [-0.2, 0) is 9.59 Å². The monoisotopic (exact) mass is 253 g/mol. The number of amides is 1. The van der Waals surface area contributed by atoms with Gasteiger partial charge in [0.05, 0.1) is 5.92 Å². The van der Waals surface area contributed by atoms with E-state index in [4.69, 9.17) is 5.11 Å². The molecule has 0 aromatic carbocycles. The van der Waals surface area contributed by atoms with Crippen LogP contribution in [0.2, 0.25) is 0 Å². The number of likely N-dealkylation sites (tertiary alicyclic amines) is 1. The lowest BCUT2D eigenvalue weighted by Gasteiger charge is -2.38. The number of carbonyl (C=O) groups is 2. The van der Waals surface area contributed by atoms with E-state index in [2.05, 4.69) is 13.8 Å². The molecular formula is C14H23NO3. The molecule has 1 aliphatic heterocycles. The summed E-state index contributed by atoms with van der Waals surface area (Å²) in [6.45, 7) is 5.18. The normalized spacial score (nSPS) is 36.7. The summed E-state index contributed by atoms with van der Waals surface area (Å²) >= 11 is 0. The molecule has 2 unspecified atom stereocenters. The van der Waals surface area contributed by atoms with Crippen molar-refractivity contribution < 1.29 is 14.7 Å². The van der Waals surface area contributed by atoms with Crippen molar-refractivity contribution in [1.82, 2.24) is 4.90 Å². The van der Waals surface area contributed by atoms with Crippen molar-refractivity contribution in [2.75, 3.05) is 6.54 Å². The predicted octanol–water partition coefficient (Wildman–Crippen LogP) is 2.13. The minimum atomic E-state index is -0.745. The number of piperidine rings is 1. The number of carboxylic acids is 1. The van der Waals surface area contributed by atoms with Gasteiger partial charge in [-0.05, 0) is 44.9 Å². The first kappa shape index (κ1) is 13.4. The number of nitrogens with zero attached hydrogens (tertiary/aromatic N) is 1. The highest BCUT2D eigenvalue weighted by Crippen LogP contribution is 2.34. The fraction of sp³-hybridized carbons (Fsp3) is 0.857. The second-order valence-corrected chi connectivity index (χ2v) is 6.06. The summed E-state index contributed by atoms with van der Waals surface area (Å²) in [5, 5.41) is 8.98. The fourth-order valence-electron chi connectivity index (χ4n) is 3.40. The van der Waals surface area contributed by atoms with Gasteiger partial charge in [-0.1, -0.05) is 6.92 Å². The lowest BCUT2D eigenvalue weighted by atomic mass is 9.91. The van der Waals surface area contributed by atoms with Crippen LogP contribution in [0.15, 0.2) is 0 Å². The Bertz CT molecular complexity index is 342. The molecular weight excluding hydrogens is 230 g/mol. The smallest absolute Gasteiger partial charge is 0.306 e. The molecule has 1 heterocycles. The predicted molar refractivity (Wildman–Crippen MR) is 68.0 cm³/mol. The van der Waals surface area contributed by atoms with Crippen LogP contribution in [0, 0.1) is 17.8 Å². The third kappa shape index (κ3) is 2.68. The van der Waals surface area contributed by atoms with E-state index in [1.807, 2.05) is 4.90 Å². The lowest BCUT2D eigenvalue weighted by Crippen LogP contribution is -2.46. The Kier molecular flexibility index (Phi) is 3.93. The standard InChI is InChI=1S/C14H23NO3/c1-9-5-6-15(10(2)7-9)13(16)11-3-4-12(8-11)14(17)18/h9-12H,3-8H2,1-2H3,(H,17,18)/t9?,10?,11-,12+/m1/s1. The minimum Gasteiger partial charge on any atom is -0.481 e. The Morgan fingerprint density at radius 1 is 1.06 bits per heavy atom. The molecule has 4 atom stereocenters. The van der Waals surface area contributed by atoms with Gasteiger partial charge in [-0.3, -0.25) is 9.59 Å². The fourth-order valence-corrected chi connectivity index (χ4v) is 3.40. The molecule has 1 N–H and O–H groups in total. The first-order chi connectivity index (χ1) is 8.49. The van der Waals surface area contributed by atoms with Gasteiger partial charge in [-0.15, -0.1) is 0 Å². The Balaban J connectivity index is 1.94. The highest BCUT2D eigenvalue weighted by atomic mass is 16.4. The Morgan fingerprint density at radius 3 is 2.28 bits per heavy atom. The number of carbonyl (C=O) groups excluding carboxylic acids is 1. The highest BCUT2D eigenvalue weighted by Gasteiger charge is 2.38. The maximum atomic E-state index is 12.4. The van der Waals surface area contributed by atoms with Crippen LogP contribution in [-0.4, -0.2) is 34.5 Å². The molecule has 0 spiro atoms. The van der Waals surface area contributed by atoms with Crippen LogP contribution in [0.4, 0.5) is 0 Å². The van der Waals surface area contributed by atoms with E-state index in [1.54, 1.807) is 0 Å². The van der Waals surface area contributed by atoms with Crippen LogP contribution in [0.1, 0.15) is 46.0 Å². The molecule has 0 aromatic heterocycles. The zero-order valence-electron chi connectivity index (χ0n) is 11.3. The lowest BCUT2D eigenvalue weighted by molar-refractivity contribution is -0.142. The van der Waals surface area contributed by atoms with Crippen molar-refractivity contribution in [3.8, 4) is 0 Å². The summed E-state index contributed by atoms with van der Waals surface area (Å²) in [7, 11) is 0. The van der Waals surface area contributed by atoms with Crippen molar-refractivity contribution in [3.05, 3.63) is 0 Å². The Morgan fingerprint density at radius 2 is 1.72 bits per heavy atom. The maximum absolute atomic E-state index is 12.4. The number of aliphatic carboxylic acids is 1. The van der Waals surface area contributed by atoms with Gasteiger partial charge in [-0.2, -0.15) is 0 Å².